The van der Waals surface area contributed by atoms with Crippen LogP contribution in [-0.4, -0.2) is 17.7 Å². The van der Waals surface area contributed by atoms with E-state index in [2.05, 4.69) is 5.32 Å². The fraction of sp³-hybridized carbons (Fsp3) is 0.267. The monoisotopic (exact) mass is 286 g/mol. The van der Waals surface area contributed by atoms with E-state index in [1.165, 1.54) is 13.8 Å². The van der Waals surface area contributed by atoms with Gasteiger partial charge in [-0.05, 0) is 24.6 Å². The molecule has 1 aliphatic rings. The number of benzene rings is 1. The van der Waals surface area contributed by atoms with Crippen LogP contribution in [0.3, 0.4) is 0 Å². The predicted molar refractivity (Wildman–Crippen MR) is 73.7 cm³/mol. The molecular weight excluding hydrogens is 272 g/mol. The van der Waals surface area contributed by atoms with Gasteiger partial charge in [0.1, 0.15) is 11.8 Å². The van der Waals surface area contributed by atoms with E-state index in [0.717, 1.165) is 5.56 Å². The number of hydrogen-bond acceptors (Lipinski definition) is 6. The number of cyclic esters (lactones) is 2. The van der Waals surface area contributed by atoms with Crippen LogP contribution in [0.25, 0.3) is 0 Å². The second-order valence-electron chi connectivity index (χ2n) is 5.04. The minimum absolute atomic E-state index is 0.203. The molecule has 0 radical (unpaired) electrons. The van der Waals surface area contributed by atoms with Crippen LogP contribution < -0.4 is 5.32 Å². The van der Waals surface area contributed by atoms with Gasteiger partial charge in [-0.2, -0.15) is 5.26 Å². The molecule has 1 heterocycles. The van der Waals surface area contributed by atoms with Crippen LogP contribution in [0.15, 0.2) is 35.5 Å². The molecule has 0 unspecified atom stereocenters. The Hall–Kier alpha value is -2.81. The summed E-state index contributed by atoms with van der Waals surface area (Å²) in [6, 6.07) is 8.97. The molecule has 0 aromatic heterocycles. The number of nitriles is 1. The van der Waals surface area contributed by atoms with Crippen molar-refractivity contribution in [3.8, 4) is 6.07 Å². The van der Waals surface area contributed by atoms with Gasteiger partial charge in [-0.1, -0.05) is 12.1 Å². The quantitative estimate of drug-likeness (QED) is 0.387. The zero-order valence-electron chi connectivity index (χ0n) is 11.9. The third-order valence-corrected chi connectivity index (χ3v) is 2.73. The van der Waals surface area contributed by atoms with Crippen LogP contribution in [0.5, 0.6) is 0 Å². The van der Waals surface area contributed by atoms with Gasteiger partial charge in [0.05, 0.1) is 0 Å². The molecule has 0 spiro atoms. The molecule has 6 heteroatoms. The highest BCUT2D eigenvalue weighted by molar-refractivity contribution is 6.16. The van der Waals surface area contributed by atoms with E-state index in [-0.39, 0.29) is 5.70 Å². The van der Waals surface area contributed by atoms with Crippen molar-refractivity contribution in [3.05, 3.63) is 41.1 Å². The number of nitrogens with zero attached hydrogens (tertiary/aromatic N) is 1. The maximum atomic E-state index is 11.9. The third-order valence-electron chi connectivity index (χ3n) is 2.73. The standard InChI is InChI=1S/C15H14N2O4/c1-9-5-4-6-10(7-9)17-11(8-16)12-13(18)20-15(2,3)21-14(12)19/h4-7,17H,1-3H3. The van der Waals surface area contributed by atoms with Crippen LogP contribution in [0.1, 0.15) is 19.4 Å². The number of aryl methyl sites for hydroxylation is 1. The molecule has 1 fully saturated rings. The molecule has 1 saturated heterocycles. The fourth-order valence-corrected chi connectivity index (χ4v) is 1.87. The van der Waals surface area contributed by atoms with Crippen LogP contribution in [0, 0.1) is 18.3 Å². The average Bonchev–Trinajstić information content (AvgIpc) is 2.35. The molecule has 0 atom stereocenters. The minimum Gasteiger partial charge on any atom is -0.419 e. The lowest BCUT2D eigenvalue weighted by Gasteiger charge is -2.30. The molecule has 1 aromatic rings. The summed E-state index contributed by atoms with van der Waals surface area (Å²) in [4.78, 5) is 23.8. The maximum absolute atomic E-state index is 11.9. The van der Waals surface area contributed by atoms with Gasteiger partial charge in [0.15, 0.2) is 5.57 Å². The van der Waals surface area contributed by atoms with Crippen molar-refractivity contribution in [1.82, 2.24) is 0 Å². The summed E-state index contributed by atoms with van der Waals surface area (Å²) in [5.41, 5.74) is 0.922. The Balaban J connectivity index is 2.37. The summed E-state index contributed by atoms with van der Waals surface area (Å²) in [5.74, 6) is -3.09. The Kier molecular flexibility index (Phi) is 3.68. The molecule has 0 bridgehead atoms. The van der Waals surface area contributed by atoms with Gasteiger partial charge in [0.25, 0.3) is 5.79 Å². The number of carbonyl (C=O) groups is 2. The van der Waals surface area contributed by atoms with Crippen molar-refractivity contribution >= 4 is 17.6 Å². The second kappa shape index (κ2) is 5.29. The third kappa shape index (κ3) is 3.20. The number of nitrogens with one attached hydrogen (secondary N) is 1. The van der Waals surface area contributed by atoms with E-state index in [0.29, 0.717) is 5.69 Å². The smallest absolute Gasteiger partial charge is 0.351 e. The van der Waals surface area contributed by atoms with Crippen molar-refractivity contribution < 1.29 is 19.1 Å². The lowest BCUT2D eigenvalue weighted by molar-refractivity contribution is -0.222. The zero-order valence-corrected chi connectivity index (χ0v) is 11.9. The fourth-order valence-electron chi connectivity index (χ4n) is 1.87. The van der Waals surface area contributed by atoms with Gasteiger partial charge in [-0.3, -0.25) is 0 Å². The number of rotatable bonds is 2. The summed E-state index contributed by atoms with van der Waals surface area (Å²) in [5, 5.41) is 11.9. The molecule has 0 aliphatic carbocycles. The van der Waals surface area contributed by atoms with Crippen LogP contribution >= 0.6 is 0 Å². The molecule has 0 saturated carbocycles. The Morgan fingerprint density at radius 2 is 1.86 bits per heavy atom. The summed E-state index contributed by atoms with van der Waals surface area (Å²) in [7, 11) is 0. The molecule has 1 N–H and O–H groups in total. The number of ether oxygens (including phenoxy) is 2. The highest BCUT2D eigenvalue weighted by atomic mass is 16.7. The summed E-state index contributed by atoms with van der Waals surface area (Å²) in [6.07, 6.45) is 0. The highest BCUT2D eigenvalue weighted by Gasteiger charge is 2.41. The Bertz CT molecular complexity index is 661. The molecule has 108 valence electrons. The Labute approximate surface area is 122 Å². The molecule has 6 nitrogen and oxygen atoms in total. The normalized spacial score (nSPS) is 16.6. The first-order valence-corrected chi connectivity index (χ1v) is 6.27. The summed E-state index contributed by atoms with van der Waals surface area (Å²) in [6.45, 7) is 4.77. The van der Waals surface area contributed by atoms with E-state index >= 15 is 0 Å². The largest absolute Gasteiger partial charge is 0.419 e. The van der Waals surface area contributed by atoms with Gasteiger partial charge in [-0.25, -0.2) is 9.59 Å². The van der Waals surface area contributed by atoms with Crippen LogP contribution in [0.4, 0.5) is 5.69 Å². The second-order valence-corrected chi connectivity index (χ2v) is 5.04. The number of anilines is 1. The molecule has 2 rings (SSSR count). The lowest BCUT2D eigenvalue weighted by Crippen LogP contribution is -2.42. The molecule has 21 heavy (non-hydrogen) atoms. The predicted octanol–water partition coefficient (Wildman–Crippen LogP) is 2.02. The first-order valence-electron chi connectivity index (χ1n) is 6.27. The van der Waals surface area contributed by atoms with Crippen molar-refractivity contribution in [3.63, 3.8) is 0 Å². The number of carbonyl (C=O) groups excluding carboxylic acids is 2. The highest BCUT2D eigenvalue weighted by Crippen LogP contribution is 2.25. The van der Waals surface area contributed by atoms with Gasteiger partial charge in [0.2, 0.25) is 0 Å². The van der Waals surface area contributed by atoms with E-state index in [1.807, 2.05) is 13.0 Å². The van der Waals surface area contributed by atoms with Crippen molar-refractivity contribution in [2.75, 3.05) is 5.32 Å². The topological polar surface area (TPSA) is 88.4 Å². The Morgan fingerprint density at radius 1 is 1.24 bits per heavy atom. The molecule has 0 amide bonds. The van der Waals surface area contributed by atoms with Gasteiger partial charge < -0.3 is 14.8 Å². The Morgan fingerprint density at radius 3 is 2.38 bits per heavy atom. The van der Waals surface area contributed by atoms with Gasteiger partial charge >= 0.3 is 11.9 Å². The van der Waals surface area contributed by atoms with E-state index < -0.39 is 23.3 Å². The van der Waals surface area contributed by atoms with Crippen molar-refractivity contribution in [2.24, 2.45) is 0 Å². The SMILES string of the molecule is Cc1cccc(NC(C#N)=C2C(=O)OC(C)(C)OC2=O)c1. The lowest BCUT2D eigenvalue weighted by atomic mass is 10.1. The van der Waals surface area contributed by atoms with Crippen LogP contribution in [0.2, 0.25) is 0 Å². The zero-order chi connectivity index (χ0) is 15.6. The van der Waals surface area contributed by atoms with E-state index in [9.17, 15) is 14.9 Å². The summed E-state index contributed by atoms with van der Waals surface area (Å²) < 4.78 is 9.94. The van der Waals surface area contributed by atoms with E-state index in [1.54, 1.807) is 24.3 Å². The van der Waals surface area contributed by atoms with Gasteiger partial charge in [0, 0.05) is 19.5 Å². The van der Waals surface area contributed by atoms with E-state index in [4.69, 9.17) is 9.47 Å². The number of allylic oxidation sites excluding steroid dienone is 1. The first-order chi connectivity index (χ1) is 9.82. The molecule has 1 aromatic carbocycles. The van der Waals surface area contributed by atoms with Crippen molar-refractivity contribution in [1.29, 1.82) is 5.26 Å². The molecular formula is C15H14N2O4. The summed E-state index contributed by atoms with van der Waals surface area (Å²) >= 11 is 0. The van der Waals surface area contributed by atoms with Crippen LogP contribution in [-0.2, 0) is 19.1 Å². The van der Waals surface area contributed by atoms with Gasteiger partial charge in [-0.15, -0.1) is 0 Å². The number of hydrogen-bond donors (Lipinski definition) is 1. The number of esters is 2. The molecule has 1 aliphatic heterocycles. The maximum Gasteiger partial charge on any atom is 0.351 e. The van der Waals surface area contributed by atoms with Crippen molar-refractivity contribution in [2.45, 2.75) is 26.6 Å². The minimum atomic E-state index is -1.33. The average molecular weight is 286 g/mol. The first kappa shape index (κ1) is 14.6.